The largest absolute Gasteiger partial charge is 0.477 e. The van der Waals surface area contributed by atoms with E-state index >= 15 is 0 Å². The van der Waals surface area contributed by atoms with Gasteiger partial charge in [-0.15, -0.1) is 22.7 Å². The molecule has 0 amide bonds. The molecule has 2 aromatic heterocycles. The Hall–Kier alpha value is -2.00. The summed E-state index contributed by atoms with van der Waals surface area (Å²) >= 11 is 2.50. The predicted octanol–water partition coefficient (Wildman–Crippen LogP) is 4.33. The van der Waals surface area contributed by atoms with E-state index in [1.165, 1.54) is 15.8 Å². The number of thiophene rings is 2. The van der Waals surface area contributed by atoms with E-state index in [-0.39, 0.29) is 22.4 Å². The van der Waals surface area contributed by atoms with E-state index in [9.17, 15) is 18.3 Å². The third-order valence-electron chi connectivity index (χ3n) is 4.16. The van der Waals surface area contributed by atoms with Crippen LogP contribution in [0.3, 0.4) is 0 Å². The summed E-state index contributed by atoms with van der Waals surface area (Å²) in [6, 6.07) is 14.3. The second-order valence-electron chi connectivity index (χ2n) is 6.09. The average Bonchev–Trinajstić information content (AvgIpc) is 3.32. The highest BCUT2D eigenvalue weighted by Crippen LogP contribution is 2.29. The van der Waals surface area contributed by atoms with Gasteiger partial charge in [-0.1, -0.05) is 36.4 Å². The third kappa shape index (κ3) is 4.47. The Balaban J connectivity index is 1.99. The maximum atomic E-state index is 13.4. The minimum atomic E-state index is -3.97. The standard InChI is InChI=1S/C19H19NO4S3/c1-14(12-16-8-5-10-25-16)20(13-15-6-3-2-4-7-15)27(23,24)17-9-11-26-18(17)19(21)22/h2-11,14H,12-13H2,1H3,(H,21,22)/t14-/m1/s1. The highest BCUT2D eigenvalue weighted by molar-refractivity contribution is 7.89. The first-order valence-corrected chi connectivity index (χ1v) is 11.5. The first-order valence-electron chi connectivity index (χ1n) is 8.28. The second kappa shape index (κ2) is 8.35. The summed E-state index contributed by atoms with van der Waals surface area (Å²) in [5.74, 6) is -1.23. The highest BCUT2D eigenvalue weighted by Gasteiger charge is 2.33. The van der Waals surface area contributed by atoms with Gasteiger partial charge in [-0.3, -0.25) is 0 Å². The van der Waals surface area contributed by atoms with Crippen LogP contribution in [0.4, 0.5) is 0 Å². The molecular formula is C19H19NO4S3. The molecule has 0 saturated carbocycles. The second-order valence-corrected chi connectivity index (χ2v) is 9.89. The number of carboxylic acids is 1. The zero-order valence-corrected chi connectivity index (χ0v) is 17.1. The van der Waals surface area contributed by atoms with E-state index in [1.807, 2.05) is 54.8 Å². The summed E-state index contributed by atoms with van der Waals surface area (Å²) in [6.45, 7) is 2.04. The lowest BCUT2D eigenvalue weighted by Gasteiger charge is -2.28. The normalized spacial score (nSPS) is 13.0. The van der Waals surface area contributed by atoms with Crippen molar-refractivity contribution in [3.63, 3.8) is 0 Å². The molecule has 2 heterocycles. The molecule has 0 saturated heterocycles. The Labute approximate surface area is 166 Å². The summed E-state index contributed by atoms with van der Waals surface area (Å²) in [5, 5.41) is 12.8. The molecule has 0 aliphatic rings. The molecular weight excluding hydrogens is 402 g/mol. The lowest BCUT2D eigenvalue weighted by atomic mass is 10.1. The van der Waals surface area contributed by atoms with Crippen molar-refractivity contribution in [2.75, 3.05) is 0 Å². The zero-order chi connectivity index (χ0) is 19.4. The molecule has 0 fully saturated rings. The minimum Gasteiger partial charge on any atom is -0.477 e. The van der Waals surface area contributed by atoms with Crippen LogP contribution >= 0.6 is 22.7 Å². The Morgan fingerprint density at radius 2 is 1.81 bits per heavy atom. The number of benzene rings is 1. The van der Waals surface area contributed by atoms with E-state index in [1.54, 1.807) is 11.3 Å². The van der Waals surface area contributed by atoms with E-state index < -0.39 is 16.0 Å². The van der Waals surface area contributed by atoms with Gasteiger partial charge in [0.2, 0.25) is 10.0 Å². The van der Waals surface area contributed by atoms with E-state index in [4.69, 9.17) is 0 Å². The van der Waals surface area contributed by atoms with Crippen LogP contribution in [0.25, 0.3) is 0 Å². The van der Waals surface area contributed by atoms with Crippen LogP contribution in [0.2, 0.25) is 0 Å². The van der Waals surface area contributed by atoms with E-state index in [2.05, 4.69) is 0 Å². The topological polar surface area (TPSA) is 74.7 Å². The van der Waals surface area contributed by atoms with Crippen LogP contribution in [0.15, 0.2) is 64.2 Å². The van der Waals surface area contributed by atoms with Crippen LogP contribution in [-0.2, 0) is 23.0 Å². The van der Waals surface area contributed by atoms with Crippen LogP contribution in [0.5, 0.6) is 0 Å². The molecule has 0 spiro atoms. The average molecular weight is 422 g/mol. The molecule has 0 bridgehead atoms. The number of carbonyl (C=O) groups is 1. The fraction of sp³-hybridized carbons (Fsp3) is 0.211. The third-order valence-corrected chi connectivity index (χ3v) is 8.09. The first-order chi connectivity index (χ1) is 12.9. The number of rotatable bonds is 8. The fourth-order valence-corrected chi connectivity index (χ4v) is 6.53. The molecule has 8 heteroatoms. The molecule has 27 heavy (non-hydrogen) atoms. The number of nitrogens with zero attached hydrogens (tertiary/aromatic N) is 1. The van der Waals surface area contributed by atoms with Crippen molar-refractivity contribution in [2.24, 2.45) is 0 Å². The molecule has 1 N–H and O–H groups in total. The molecule has 3 aromatic rings. The summed E-state index contributed by atoms with van der Waals surface area (Å²) in [5.41, 5.74) is 0.853. The highest BCUT2D eigenvalue weighted by atomic mass is 32.2. The van der Waals surface area contributed by atoms with Gasteiger partial charge in [0.25, 0.3) is 0 Å². The Morgan fingerprint density at radius 3 is 2.44 bits per heavy atom. The lowest BCUT2D eigenvalue weighted by Crippen LogP contribution is -2.39. The van der Waals surface area contributed by atoms with Gasteiger partial charge < -0.3 is 5.11 Å². The fourth-order valence-electron chi connectivity index (χ4n) is 2.85. The van der Waals surface area contributed by atoms with Crippen LogP contribution in [0, 0.1) is 0 Å². The van der Waals surface area contributed by atoms with Gasteiger partial charge in [0.15, 0.2) is 0 Å². The van der Waals surface area contributed by atoms with Gasteiger partial charge in [-0.25, -0.2) is 13.2 Å². The van der Waals surface area contributed by atoms with E-state index in [0.29, 0.717) is 6.42 Å². The molecule has 1 aromatic carbocycles. The number of aromatic carboxylic acids is 1. The molecule has 3 rings (SSSR count). The number of carboxylic acid groups (broad SMARTS) is 1. The predicted molar refractivity (Wildman–Crippen MR) is 108 cm³/mol. The summed E-state index contributed by atoms with van der Waals surface area (Å²) in [4.78, 5) is 12.2. The molecule has 1 atom stereocenters. The Morgan fingerprint density at radius 1 is 1.07 bits per heavy atom. The smallest absolute Gasteiger partial charge is 0.347 e. The quantitative estimate of drug-likeness (QED) is 0.587. The molecule has 0 radical (unpaired) electrons. The van der Waals surface area contributed by atoms with Crippen LogP contribution in [-0.4, -0.2) is 29.8 Å². The van der Waals surface area contributed by atoms with Gasteiger partial charge in [0.1, 0.15) is 9.77 Å². The SMILES string of the molecule is C[C@H](Cc1cccs1)N(Cc1ccccc1)S(=O)(=O)c1ccsc1C(=O)O. The monoisotopic (exact) mass is 421 g/mol. The summed E-state index contributed by atoms with van der Waals surface area (Å²) < 4.78 is 28.1. The van der Waals surface area contributed by atoms with Gasteiger partial charge in [-0.2, -0.15) is 4.31 Å². The summed E-state index contributed by atoms with van der Waals surface area (Å²) in [6.07, 6.45) is 0.566. The van der Waals surface area contributed by atoms with Crippen molar-refractivity contribution in [3.05, 3.63) is 74.6 Å². The first kappa shape index (κ1) is 19.8. The molecule has 0 aliphatic heterocycles. The Bertz CT molecular complexity index is 995. The van der Waals surface area contributed by atoms with Gasteiger partial charge in [-0.05, 0) is 41.8 Å². The van der Waals surface area contributed by atoms with Crippen LogP contribution in [0.1, 0.15) is 27.0 Å². The number of hydrogen-bond donors (Lipinski definition) is 1. The summed E-state index contributed by atoms with van der Waals surface area (Å²) in [7, 11) is -3.97. The van der Waals surface area contributed by atoms with Crippen molar-refractivity contribution in [1.29, 1.82) is 0 Å². The number of hydrogen-bond acceptors (Lipinski definition) is 5. The molecule has 0 unspecified atom stereocenters. The maximum absolute atomic E-state index is 13.4. The van der Waals surface area contributed by atoms with Crippen molar-refractivity contribution >= 4 is 38.7 Å². The van der Waals surface area contributed by atoms with Gasteiger partial charge >= 0.3 is 5.97 Å². The van der Waals surface area contributed by atoms with Crippen LogP contribution < -0.4 is 0 Å². The van der Waals surface area contributed by atoms with Crippen molar-refractivity contribution in [3.8, 4) is 0 Å². The molecule has 0 aliphatic carbocycles. The van der Waals surface area contributed by atoms with Crippen molar-refractivity contribution in [2.45, 2.75) is 30.8 Å². The van der Waals surface area contributed by atoms with Gasteiger partial charge in [0, 0.05) is 17.5 Å². The lowest BCUT2D eigenvalue weighted by molar-refractivity contribution is 0.0698. The van der Waals surface area contributed by atoms with Crippen molar-refractivity contribution < 1.29 is 18.3 Å². The molecule has 142 valence electrons. The zero-order valence-electron chi connectivity index (χ0n) is 14.6. The maximum Gasteiger partial charge on any atom is 0.347 e. The number of sulfonamides is 1. The van der Waals surface area contributed by atoms with Crippen molar-refractivity contribution in [1.82, 2.24) is 4.31 Å². The Kier molecular flexibility index (Phi) is 6.11. The molecule has 5 nitrogen and oxygen atoms in total. The van der Waals surface area contributed by atoms with E-state index in [0.717, 1.165) is 21.8 Å². The minimum absolute atomic E-state index is 0.144. The van der Waals surface area contributed by atoms with Gasteiger partial charge in [0.05, 0.1) is 0 Å².